The van der Waals surface area contributed by atoms with Gasteiger partial charge in [-0.1, -0.05) is 36.4 Å². The van der Waals surface area contributed by atoms with Crippen LogP contribution < -0.4 is 0 Å². The number of benzene rings is 2. The van der Waals surface area contributed by atoms with Crippen LogP contribution in [0.25, 0.3) is 0 Å². The molecule has 0 radical (unpaired) electrons. The van der Waals surface area contributed by atoms with Gasteiger partial charge in [-0.25, -0.2) is 8.42 Å². The lowest BCUT2D eigenvalue weighted by molar-refractivity contribution is 0.0785. The first-order valence-corrected chi connectivity index (χ1v) is 9.82. The molecule has 3 rings (SSSR count). The van der Waals surface area contributed by atoms with E-state index < -0.39 is 10.0 Å². The first kappa shape index (κ1) is 17.6. The van der Waals surface area contributed by atoms with E-state index >= 15 is 0 Å². The molecule has 0 unspecified atom stereocenters. The monoisotopic (exact) mass is 358 g/mol. The number of carbonyl (C=O) groups excluding carboxylic acids is 1. The summed E-state index contributed by atoms with van der Waals surface area (Å²) in [6.07, 6.45) is 1.77. The Kier molecular flexibility index (Phi) is 5.20. The number of nitrogens with zero attached hydrogens (tertiary/aromatic N) is 2. The van der Waals surface area contributed by atoms with Crippen molar-refractivity contribution in [1.29, 1.82) is 0 Å². The Hall–Kier alpha value is -2.18. The Morgan fingerprint density at radius 3 is 2.40 bits per heavy atom. The van der Waals surface area contributed by atoms with Crippen LogP contribution in [0.2, 0.25) is 0 Å². The Labute approximate surface area is 148 Å². The van der Waals surface area contributed by atoms with Gasteiger partial charge in [0.05, 0.1) is 4.90 Å². The minimum atomic E-state index is -3.52. The predicted octanol–water partition coefficient (Wildman–Crippen LogP) is 2.74. The van der Waals surface area contributed by atoms with Gasteiger partial charge in [0, 0.05) is 32.2 Å². The number of hydrogen-bond acceptors (Lipinski definition) is 3. The van der Waals surface area contributed by atoms with E-state index in [-0.39, 0.29) is 10.8 Å². The molecule has 0 bridgehead atoms. The lowest BCUT2D eigenvalue weighted by atomic mass is 10.1. The summed E-state index contributed by atoms with van der Waals surface area (Å²) in [6.45, 7) is 1.58. The van der Waals surface area contributed by atoms with Gasteiger partial charge in [0.2, 0.25) is 10.0 Å². The van der Waals surface area contributed by atoms with Crippen molar-refractivity contribution in [1.82, 2.24) is 9.21 Å². The van der Waals surface area contributed by atoms with Crippen LogP contribution in [0.4, 0.5) is 0 Å². The van der Waals surface area contributed by atoms with E-state index in [1.807, 2.05) is 30.3 Å². The molecule has 0 aromatic heterocycles. The van der Waals surface area contributed by atoms with E-state index in [0.29, 0.717) is 25.2 Å². The minimum absolute atomic E-state index is 0.188. The van der Waals surface area contributed by atoms with Crippen molar-refractivity contribution in [2.75, 3.05) is 20.1 Å². The number of carbonyl (C=O) groups is 1. The summed E-state index contributed by atoms with van der Waals surface area (Å²) in [7, 11) is -1.80. The molecule has 0 aliphatic carbocycles. The molecule has 0 spiro atoms. The van der Waals surface area contributed by atoms with Crippen LogP contribution in [-0.2, 0) is 16.6 Å². The molecule has 6 heteroatoms. The lowest BCUT2D eigenvalue weighted by Gasteiger charge is -2.19. The average molecular weight is 358 g/mol. The zero-order valence-electron chi connectivity index (χ0n) is 14.3. The molecule has 5 nitrogen and oxygen atoms in total. The number of sulfonamides is 1. The van der Waals surface area contributed by atoms with Crippen LogP contribution >= 0.6 is 0 Å². The summed E-state index contributed by atoms with van der Waals surface area (Å²) in [5.74, 6) is -0.192. The molecule has 132 valence electrons. The third-order valence-corrected chi connectivity index (χ3v) is 6.29. The lowest BCUT2D eigenvalue weighted by Crippen LogP contribution is -2.29. The number of hydrogen-bond donors (Lipinski definition) is 0. The molecule has 2 aromatic carbocycles. The fourth-order valence-corrected chi connectivity index (χ4v) is 4.58. The number of amides is 1. The van der Waals surface area contributed by atoms with E-state index in [1.54, 1.807) is 30.1 Å². The Balaban J connectivity index is 1.79. The maximum absolute atomic E-state index is 12.7. The summed E-state index contributed by atoms with van der Waals surface area (Å²) < 4.78 is 26.8. The molecule has 0 saturated carbocycles. The van der Waals surface area contributed by atoms with Crippen LogP contribution in [0.3, 0.4) is 0 Å². The topological polar surface area (TPSA) is 57.7 Å². The Morgan fingerprint density at radius 2 is 1.72 bits per heavy atom. The first-order chi connectivity index (χ1) is 12.0. The summed E-state index contributed by atoms with van der Waals surface area (Å²) in [5.41, 5.74) is 1.41. The average Bonchev–Trinajstić information content (AvgIpc) is 3.17. The largest absolute Gasteiger partial charge is 0.337 e. The zero-order chi connectivity index (χ0) is 17.9. The van der Waals surface area contributed by atoms with E-state index in [2.05, 4.69) is 0 Å². The van der Waals surface area contributed by atoms with Crippen molar-refractivity contribution in [3.05, 3.63) is 65.7 Å². The molecule has 2 aromatic rings. The molecular formula is C19H22N2O3S. The SMILES string of the molecule is CN(Cc1ccccc1)C(=O)c1cccc(S(=O)(=O)N2CCCC2)c1. The van der Waals surface area contributed by atoms with Crippen molar-refractivity contribution in [2.45, 2.75) is 24.3 Å². The van der Waals surface area contributed by atoms with Crippen LogP contribution in [-0.4, -0.2) is 43.7 Å². The second-order valence-electron chi connectivity index (χ2n) is 6.29. The molecule has 1 amide bonds. The highest BCUT2D eigenvalue weighted by molar-refractivity contribution is 7.89. The van der Waals surface area contributed by atoms with E-state index in [4.69, 9.17) is 0 Å². The first-order valence-electron chi connectivity index (χ1n) is 8.38. The quantitative estimate of drug-likeness (QED) is 0.826. The molecule has 1 fully saturated rings. The molecule has 0 atom stereocenters. The van der Waals surface area contributed by atoms with Crippen molar-refractivity contribution in [3.8, 4) is 0 Å². The Morgan fingerprint density at radius 1 is 1.04 bits per heavy atom. The van der Waals surface area contributed by atoms with Gasteiger partial charge in [0.15, 0.2) is 0 Å². The van der Waals surface area contributed by atoms with E-state index in [1.165, 1.54) is 10.4 Å². The van der Waals surface area contributed by atoms with Gasteiger partial charge in [0.25, 0.3) is 5.91 Å². The fraction of sp³-hybridized carbons (Fsp3) is 0.316. The maximum atomic E-state index is 12.7. The molecule has 1 aliphatic rings. The van der Waals surface area contributed by atoms with Gasteiger partial charge < -0.3 is 4.90 Å². The van der Waals surface area contributed by atoms with Gasteiger partial charge in [-0.15, -0.1) is 0 Å². The Bertz CT molecular complexity index is 844. The molecule has 1 aliphatic heterocycles. The van der Waals surface area contributed by atoms with Crippen LogP contribution in [0, 0.1) is 0 Å². The van der Waals surface area contributed by atoms with Crippen LogP contribution in [0.15, 0.2) is 59.5 Å². The predicted molar refractivity (Wildman–Crippen MR) is 96.7 cm³/mol. The van der Waals surface area contributed by atoms with Crippen molar-refractivity contribution >= 4 is 15.9 Å². The fourth-order valence-electron chi connectivity index (χ4n) is 3.02. The maximum Gasteiger partial charge on any atom is 0.253 e. The van der Waals surface area contributed by atoms with Crippen molar-refractivity contribution in [2.24, 2.45) is 0 Å². The number of rotatable bonds is 5. The van der Waals surface area contributed by atoms with Gasteiger partial charge >= 0.3 is 0 Å². The highest BCUT2D eigenvalue weighted by Crippen LogP contribution is 2.22. The third-order valence-electron chi connectivity index (χ3n) is 4.39. The second-order valence-corrected chi connectivity index (χ2v) is 8.22. The van der Waals surface area contributed by atoms with Crippen LogP contribution in [0.5, 0.6) is 0 Å². The summed E-state index contributed by atoms with van der Waals surface area (Å²) in [6, 6.07) is 16.0. The molecule has 25 heavy (non-hydrogen) atoms. The minimum Gasteiger partial charge on any atom is -0.337 e. The smallest absolute Gasteiger partial charge is 0.253 e. The van der Waals surface area contributed by atoms with Gasteiger partial charge in [0.1, 0.15) is 0 Å². The van der Waals surface area contributed by atoms with Gasteiger partial charge in [-0.2, -0.15) is 4.31 Å². The molecule has 1 heterocycles. The van der Waals surface area contributed by atoms with Crippen molar-refractivity contribution in [3.63, 3.8) is 0 Å². The highest BCUT2D eigenvalue weighted by Gasteiger charge is 2.27. The normalized spacial score (nSPS) is 15.2. The van der Waals surface area contributed by atoms with E-state index in [9.17, 15) is 13.2 Å². The highest BCUT2D eigenvalue weighted by atomic mass is 32.2. The molecule has 0 N–H and O–H groups in total. The molecular weight excluding hydrogens is 336 g/mol. The standard InChI is InChI=1S/C19H22N2O3S/c1-20(15-16-8-3-2-4-9-16)19(22)17-10-7-11-18(14-17)25(23,24)21-12-5-6-13-21/h2-4,7-11,14H,5-6,12-13,15H2,1H3. The third kappa shape index (κ3) is 3.91. The van der Waals surface area contributed by atoms with Crippen molar-refractivity contribution < 1.29 is 13.2 Å². The summed E-state index contributed by atoms with van der Waals surface area (Å²) in [4.78, 5) is 14.4. The summed E-state index contributed by atoms with van der Waals surface area (Å²) in [5, 5.41) is 0. The van der Waals surface area contributed by atoms with Gasteiger partial charge in [-0.05, 0) is 36.6 Å². The summed E-state index contributed by atoms with van der Waals surface area (Å²) >= 11 is 0. The zero-order valence-corrected chi connectivity index (χ0v) is 15.1. The van der Waals surface area contributed by atoms with Gasteiger partial charge in [-0.3, -0.25) is 4.79 Å². The van der Waals surface area contributed by atoms with Crippen LogP contribution in [0.1, 0.15) is 28.8 Å². The van der Waals surface area contributed by atoms with E-state index in [0.717, 1.165) is 18.4 Å². The second kappa shape index (κ2) is 7.37. The molecule has 1 saturated heterocycles.